The van der Waals surface area contributed by atoms with E-state index >= 15 is 0 Å². The molecule has 0 unspecified atom stereocenters. The second kappa shape index (κ2) is 6.70. The van der Waals surface area contributed by atoms with Crippen molar-refractivity contribution in [3.05, 3.63) is 54.2 Å². The maximum atomic E-state index is 12.1. The number of carbonyl (C=O) groups is 2. The Bertz CT molecular complexity index is 755. The van der Waals surface area contributed by atoms with Gasteiger partial charge < -0.3 is 10.6 Å². The van der Waals surface area contributed by atoms with E-state index in [9.17, 15) is 9.59 Å². The number of benzene rings is 1. The summed E-state index contributed by atoms with van der Waals surface area (Å²) in [6.45, 7) is 3.75. The number of thioether (sulfide) groups is 1. The van der Waals surface area contributed by atoms with Crippen LogP contribution >= 0.6 is 11.8 Å². The van der Waals surface area contributed by atoms with Crippen LogP contribution in [0.3, 0.4) is 0 Å². The van der Waals surface area contributed by atoms with E-state index in [2.05, 4.69) is 22.3 Å². The van der Waals surface area contributed by atoms with Gasteiger partial charge in [0, 0.05) is 23.6 Å². The summed E-state index contributed by atoms with van der Waals surface area (Å²) < 4.78 is 1.68. The van der Waals surface area contributed by atoms with Gasteiger partial charge in [-0.15, -0.1) is 6.58 Å². The standard InChI is InChI=1S/C16H16N4O2S/c1-2-8-17-15(21)16(22)18-14-12-9-23-10-13(12)19-20(14)11-6-4-3-5-7-11/h2-7H,1,8-10H2,(H,17,21)(H,18,22). The third kappa shape index (κ3) is 3.14. The number of aromatic nitrogens is 2. The topological polar surface area (TPSA) is 76.0 Å². The fourth-order valence-electron chi connectivity index (χ4n) is 2.31. The van der Waals surface area contributed by atoms with Crippen molar-refractivity contribution in [1.29, 1.82) is 0 Å². The summed E-state index contributed by atoms with van der Waals surface area (Å²) in [4.78, 5) is 23.9. The second-order valence-corrected chi connectivity index (χ2v) is 5.95. The van der Waals surface area contributed by atoms with Crippen LogP contribution in [0, 0.1) is 0 Å². The van der Waals surface area contributed by atoms with E-state index in [1.165, 1.54) is 6.08 Å². The molecule has 6 nitrogen and oxygen atoms in total. The Kier molecular flexibility index (Phi) is 4.47. The Balaban J connectivity index is 1.90. The molecule has 0 bridgehead atoms. The number of fused-ring (bicyclic) bond motifs is 1. The lowest BCUT2D eigenvalue weighted by Crippen LogP contribution is -2.36. The van der Waals surface area contributed by atoms with E-state index in [1.807, 2.05) is 30.3 Å². The summed E-state index contributed by atoms with van der Waals surface area (Å²) >= 11 is 1.74. The number of carbonyl (C=O) groups excluding carboxylic acids is 2. The van der Waals surface area contributed by atoms with Gasteiger partial charge in [-0.2, -0.15) is 16.9 Å². The van der Waals surface area contributed by atoms with Crippen LogP contribution in [0.5, 0.6) is 0 Å². The molecule has 1 aromatic heterocycles. The van der Waals surface area contributed by atoms with Crippen molar-refractivity contribution in [1.82, 2.24) is 15.1 Å². The number of nitrogens with one attached hydrogen (secondary N) is 2. The van der Waals surface area contributed by atoms with Crippen molar-refractivity contribution in [2.24, 2.45) is 0 Å². The molecule has 0 spiro atoms. The van der Waals surface area contributed by atoms with E-state index in [0.29, 0.717) is 5.82 Å². The van der Waals surface area contributed by atoms with Gasteiger partial charge >= 0.3 is 11.8 Å². The van der Waals surface area contributed by atoms with Crippen LogP contribution in [0.15, 0.2) is 43.0 Å². The number of para-hydroxylation sites is 1. The SMILES string of the molecule is C=CCNC(=O)C(=O)Nc1c2c(nn1-c1ccccc1)CSC2. The highest BCUT2D eigenvalue weighted by Crippen LogP contribution is 2.35. The number of anilines is 1. The minimum Gasteiger partial charge on any atom is -0.344 e. The fourth-order valence-corrected chi connectivity index (χ4v) is 3.34. The summed E-state index contributed by atoms with van der Waals surface area (Å²) in [7, 11) is 0. The van der Waals surface area contributed by atoms with Crippen molar-refractivity contribution >= 4 is 29.4 Å². The molecule has 2 aromatic rings. The van der Waals surface area contributed by atoms with Crippen LogP contribution in [-0.2, 0) is 21.1 Å². The van der Waals surface area contributed by atoms with Gasteiger partial charge in [-0.25, -0.2) is 4.68 Å². The summed E-state index contributed by atoms with van der Waals surface area (Å²) in [6, 6.07) is 9.53. The zero-order chi connectivity index (χ0) is 16.2. The van der Waals surface area contributed by atoms with Gasteiger partial charge in [-0.1, -0.05) is 24.3 Å². The molecule has 1 aliphatic rings. The number of nitrogens with zero attached hydrogens (tertiary/aromatic N) is 2. The molecular formula is C16H16N4O2S. The van der Waals surface area contributed by atoms with Crippen molar-refractivity contribution < 1.29 is 9.59 Å². The normalized spacial score (nSPS) is 12.5. The number of hydrogen-bond acceptors (Lipinski definition) is 4. The molecule has 1 aromatic carbocycles. The average Bonchev–Trinajstić information content (AvgIpc) is 3.16. The molecule has 0 aliphatic carbocycles. The maximum absolute atomic E-state index is 12.1. The molecule has 0 saturated heterocycles. The maximum Gasteiger partial charge on any atom is 0.314 e. The molecule has 23 heavy (non-hydrogen) atoms. The van der Waals surface area contributed by atoms with Crippen LogP contribution in [-0.4, -0.2) is 28.1 Å². The minimum atomic E-state index is -0.705. The summed E-state index contributed by atoms with van der Waals surface area (Å²) in [6.07, 6.45) is 1.52. The van der Waals surface area contributed by atoms with E-state index in [-0.39, 0.29) is 6.54 Å². The van der Waals surface area contributed by atoms with E-state index < -0.39 is 11.8 Å². The predicted molar refractivity (Wildman–Crippen MR) is 90.4 cm³/mol. The average molecular weight is 328 g/mol. The Morgan fingerprint density at radius 3 is 2.78 bits per heavy atom. The molecule has 2 N–H and O–H groups in total. The Morgan fingerprint density at radius 1 is 1.26 bits per heavy atom. The van der Waals surface area contributed by atoms with Gasteiger partial charge in [0.2, 0.25) is 0 Å². The molecule has 0 fully saturated rings. The first-order valence-electron chi connectivity index (χ1n) is 7.14. The van der Waals surface area contributed by atoms with Crippen molar-refractivity contribution in [2.45, 2.75) is 11.5 Å². The van der Waals surface area contributed by atoms with Crippen molar-refractivity contribution in [3.8, 4) is 5.69 Å². The molecular weight excluding hydrogens is 312 g/mol. The van der Waals surface area contributed by atoms with Crippen LogP contribution in [0.25, 0.3) is 5.69 Å². The van der Waals surface area contributed by atoms with Crippen LogP contribution in [0.2, 0.25) is 0 Å². The van der Waals surface area contributed by atoms with Gasteiger partial charge in [0.05, 0.1) is 11.4 Å². The number of rotatable bonds is 4. The Hall–Kier alpha value is -2.54. The first-order chi connectivity index (χ1) is 11.2. The van der Waals surface area contributed by atoms with E-state index in [1.54, 1.807) is 16.4 Å². The molecule has 7 heteroatoms. The molecule has 0 atom stereocenters. The minimum absolute atomic E-state index is 0.248. The third-order valence-corrected chi connectivity index (χ3v) is 4.37. The first kappa shape index (κ1) is 15.4. The van der Waals surface area contributed by atoms with Crippen LogP contribution in [0.4, 0.5) is 5.82 Å². The van der Waals surface area contributed by atoms with Crippen molar-refractivity contribution in [3.63, 3.8) is 0 Å². The summed E-state index contributed by atoms with van der Waals surface area (Å²) in [5.74, 6) is 0.746. The number of hydrogen-bond donors (Lipinski definition) is 2. The smallest absolute Gasteiger partial charge is 0.314 e. The lowest BCUT2D eigenvalue weighted by atomic mass is 10.2. The zero-order valence-corrected chi connectivity index (χ0v) is 13.2. The van der Waals surface area contributed by atoms with E-state index in [0.717, 1.165) is 28.5 Å². The molecule has 0 saturated carbocycles. The highest BCUT2D eigenvalue weighted by Gasteiger charge is 2.26. The monoisotopic (exact) mass is 328 g/mol. The molecule has 2 amide bonds. The van der Waals surface area contributed by atoms with E-state index in [4.69, 9.17) is 0 Å². The number of amides is 2. The van der Waals surface area contributed by atoms with Crippen LogP contribution in [0.1, 0.15) is 11.3 Å². The lowest BCUT2D eigenvalue weighted by Gasteiger charge is -2.10. The molecule has 3 rings (SSSR count). The van der Waals surface area contributed by atoms with Gasteiger partial charge in [-0.3, -0.25) is 9.59 Å². The van der Waals surface area contributed by atoms with Gasteiger partial charge in [0.15, 0.2) is 0 Å². The molecule has 2 heterocycles. The van der Waals surface area contributed by atoms with Crippen LogP contribution < -0.4 is 10.6 Å². The molecule has 118 valence electrons. The molecule has 1 aliphatic heterocycles. The highest BCUT2D eigenvalue weighted by atomic mass is 32.2. The van der Waals surface area contributed by atoms with Crippen molar-refractivity contribution in [2.75, 3.05) is 11.9 Å². The largest absolute Gasteiger partial charge is 0.344 e. The lowest BCUT2D eigenvalue weighted by molar-refractivity contribution is -0.136. The fraction of sp³-hybridized carbons (Fsp3) is 0.188. The Labute approximate surface area is 138 Å². The first-order valence-corrected chi connectivity index (χ1v) is 8.30. The highest BCUT2D eigenvalue weighted by molar-refractivity contribution is 7.98. The quantitative estimate of drug-likeness (QED) is 0.663. The van der Waals surface area contributed by atoms with Gasteiger partial charge in [0.25, 0.3) is 0 Å². The summed E-state index contributed by atoms with van der Waals surface area (Å²) in [5, 5.41) is 9.74. The predicted octanol–water partition coefficient (Wildman–Crippen LogP) is 1.86. The molecule has 0 radical (unpaired) electrons. The second-order valence-electron chi connectivity index (χ2n) is 4.97. The van der Waals surface area contributed by atoms with Gasteiger partial charge in [-0.05, 0) is 12.1 Å². The Morgan fingerprint density at radius 2 is 2.04 bits per heavy atom. The summed E-state index contributed by atoms with van der Waals surface area (Å²) in [5.41, 5.74) is 2.76. The third-order valence-electron chi connectivity index (χ3n) is 3.40. The van der Waals surface area contributed by atoms with Gasteiger partial charge in [0.1, 0.15) is 5.82 Å². The zero-order valence-electron chi connectivity index (χ0n) is 12.4.